The highest BCUT2D eigenvalue weighted by molar-refractivity contribution is 7.77. The zero-order valence-corrected chi connectivity index (χ0v) is 17.2. The molecule has 0 N–H and O–H groups in total. The van der Waals surface area contributed by atoms with E-state index in [9.17, 15) is 0 Å². The summed E-state index contributed by atoms with van der Waals surface area (Å²) in [4.78, 5) is 0. The Morgan fingerprint density at radius 2 is 1.32 bits per heavy atom. The standard InChI is InChI=1S/C24H29P/c1-16-7-10-22(19(4)13-16)25(23-11-8-17(2)14-20(23)5)24-12-9-18(3)15-21(24)6/h7-8,10-15,18H,9H2,1-6H3. The van der Waals surface area contributed by atoms with E-state index in [1.54, 1.807) is 5.31 Å². The van der Waals surface area contributed by atoms with Gasteiger partial charge < -0.3 is 0 Å². The van der Waals surface area contributed by atoms with E-state index in [0.717, 1.165) is 6.42 Å². The molecule has 1 unspecified atom stereocenters. The van der Waals surface area contributed by atoms with Gasteiger partial charge in [-0.15, -0.1) is 0 Å². The maximum Gasteiger partial charge on any atom is -0.0122 e. The first-order chi connectivity index (χ1) is 11.9. The Bertz CT molecular complexity index is 803. The lowest BCUT2D eigenvalue weighted by atomic mass is 9.99. The Morgan fingerprint density at radius 1 is 0.800 bits per heavy atom. The number of hydrogen-bond donors (Lipinski definition) is 0. The van der Waals surface area contributed by atoms with Gasteiger partial charge in [0.25, 0.3) is 0 Å². The average Bonchev–Trinajstić information content (AvgIpc) is 2.52. The average molecular weight is 348 g/mol. The van der Waals surface area contributed by atoms with Gasteiger partial charge in [-0.05, 0) is 87.5 Å². The Kier molecular flexibility index (Phi) is 5.30. The molecule has 0 nitrogen and oxygen atoms in total. The smallest absolute Gasteiger partial charge is 0.0122 e. The highest BCUT2D eigenvalue weighted by atomic mass is 31.1. The summed E-state index contributed by atoms with van der Waals surface area (Å²) in [6.07, 6.45) is 6.11. The molecule has 0 saturated heterocycles. The predicted octanol–water partition coefficient (Wildman–Crippen LogP) is 6.22. The fourth-order valence-electron chi connectivity index (χ4n) is 3.81. The molecule has 0 radical (unpaired) electrons. The van der Waals surface area contributed by atoms with Gasteiger partial charge in [-0.1, -0.05) is 66.6 Å². The Labute approximate surface area is 154 Å². The van der Waals surface area contributed by atoms with E-state index in [1.807, 2.05) is 0 Å². The summed E-state index contributed by atoms with van der Waals surface area (Å²) in [6, 6.07) is 13.9. The minimum Gasteiger partial charge on any atom is -0.0778 e. The molecule has 0 bridgehead atoms. The highest BCUT2D eigenvalue weighted by Gasteiger charge is 2.25. The van der Waals surface area contributed by atoms with Crippen molar-refractivity contribution < 1.29 is 0 Å². The maximum absolute atomic E-state index is 2.50. The van der Waals surface area contributed by atoms with Gasteiger partial charge in [-0.25, -0.2) is 0 Å². The Morgan fingerprint density at radius 3 is 1.76 bits per heavy atom. The van der Waals surface area contributed by atoms with Crippen molar-refractivity contribution in [3.8, 4) is 0 Å². The normalized spacial score (nSPS) is 17.5. The van der Waals surface area contributed by atoms with Crippen LogP contribution in [-0.2, 0) is 0 Å². The molecule has 0 saturated carbocycles. The van der Waals surface area contributed by atoms with Gasteiger partial charge in [-0.3, -0.25) is 0 Å². The number of hydrogen-bond acceptors (Lipinski definition) is 0. The first kappa shape index (κ1) is 18.2. The molecule has 1 aliphatic rings. The Hall–Kier alpha value is -1.65. The van der Waals surface area contributed by atoms with E-state index in [2.05, 4.69) is 90.1 Å². The molecule has 0 heterocycles. The first-order valence-corrected chi connectivity index (χ1v) is 10.5. The number of aryl methyl sites for hydroxylation is 4. The number of benzene rings is 2. The third-order valence-corrected chi connectivity index (χ3v) is 8.03. The van der Waals surface area contributed by atoms with Crippen LogP contribution in [0, 0.1) is 33.6 Å². The molecule has 1 heteroatoms. The summed E-state index contributed by atoms with van der Waals surface area (Å²) in [7, 11) is -0.501. The van der Waals surface area contributed by atoms with Crippen LogP contribution in [0.4, 0.5) is 0 Å². The molecule has 0 amide bonds. The van der Waals surface area contributed by atoms with Gasteiger partial charge in [0.1, 0.15) is 0 Å². The molecule has 2 aromatic carbocycles. The highest BCUT2D eigenvalue weighted by Crippen LogP contribution is 2.50. The number of rotatable bonds is 3. The molecule has 2 aromatic rings. The summed E-state index contributed by atoms with van der Waals surface area (Å²) < 4.78 is 0. The second kappa shape index (κ2) is 7.30. The summed E-state index contributed by atoms with van der Waals surface area (Å²) in [5, 5.41) is 4.55. The van der Waals surface area contributed by atoms with Gasteiger partial charge in [0, 0.05) is 0 Å². The third kappa shape index (κ3) is 3.80. The van der Waals surface area contributed by atoms with Crippen molar-refractivity contribution in [1.82, 2.24) is 0 Å². The van der Waals surface area contributed by atoms with Crippen LogP contribution in [0.1, 0.15) is 42.5 Å². The predicted molar refractivity (Wildman–Crippen MR) is 114 cm³/mol. The molecule has 0 spiro atoms. The fraction of sp³-hybridized carbons (Fsp3) is 0.333. The van der Waals surface area contributed by atoms with Crippen molar-refractivity contribution in [3.63, 3.8) is 0 Å². The third-order valence-electron chi connectivity index (χ3n) is 5.05. The molecular formula is C24H29P. The van der Waals surface area contributed by atoms with Crippen LogP contribution in [0.15, 0.2) is 59.4 Å². The van der Waals surface area contributed by atoms with E-state index in [4.69, 9.17) is 0 Å². The summed E-state index contributed by atoms with van der Waals surface area (Å²) in [6.45, 7) is 13.5. The maximum atomic E-state index is 2.50. The van der Waals surface area contributed by atoms with Crippen LogP contribution in [-0.4, -0.2) is 0 Å². The van der Waals surface area contributed by atoms with Crippen molar-refractivity contribution in [1.29, 1.82) is 0 Å². The van der Waals surface area contributed by atoms with Gasteiger partial charge in [-0.2, -0.15) is 0 Å². The zero-order valence-electron chi connectivity index (χ0n) is 16.4. The van der Waals surface area contributed by atoms with E-state index < -0.39 is 7.92 Å². The van der Waals surface area contributed by atoms with Gasteiger partial charge >= 0.3 is 0 Å². The zero-order chi connectivity index (χ0) is 18.1. The molecule has 1 atom stereocenters. The second-order valence-corrected chi connectivity index (χ2v) is 9.68. The lowest BCUT2D eigenvalue weighted by molar-refractivity contribution is 0.727. The van der Waals surface area contributed by atoms with Gasteiger partial charge in [0.2, 0.25) is 0 Å². The van der Waals surface area contributed by atoms with Crippen LogP contribution in [0.25, 0.3) is 0 Å². The summed E-state index contributed by atoms with van der Waals surface area (Å²) in [5.41, 5.74) is 6.98. The number of allylic oxidation sites excluding steroid dienone is 4. The van der Waals surface area contributed by atoms with Crippen molar-refractivity contribution in [2.24, 2.45) is 5.92 Å². The lowest BCUT2D eigenvalue weighted by Gasteiger charge is -2.29. The second-order valence-electron chi connectivity index (χ2n) is 7.57. The van der Waals surface area contributed by atoms with Crippen LogP contribution < -0.4 is 10.6 Å². The van der Waals surface area contributed by atoms with E-state index in [-0.39, 0.29) is 0 Å². The van der Waals surface area contributed by atoms with Crippen molar-refractivity contribution in [2.75, 3.05) is 0 Å². The minimum absolute atomic E-state index is 0.501. The van der Waals surface area contributed by atoms with E-state index >= 15 is 0 Å². The SMILES string of the molecule is CC1=CC(C)CC=C1P(c1ccc(C)cc1C)c1ccc(C)cc1C. The monoisotopic (exact) mass is 348 g/mol. The summed E-state index contributed by atoms with van der Waals surface area (Å²) >= 11 is 0. The minimum atomic E-state index is -0.501. The molecule has 1 aliphatic carbocycles. The first-order valence-electron chi connectivity index (χ1n) is 9.20. The molecule has 0 aliphatic heterocycles. The van der Waals surface area contributed by atoms with E-state index in [1.165, 1.54) is 38.4 Å². The van der Waals surface area contributed by atoms with Crippen LogP contribution >= 0.6 is 7.92 Å². The van der Waals surface area contributed by atoms with Crippen LogP contribution in [0.5, 0.6) is 0 Å². The largest absolute Gasteiger partial charge is 0.0778 e. The lowest BCUT2D eigenvalue weighted by Crippen LogP contribution is -2.19. The van der Waals surface area contributed by atoms with E-state index in [0.29, 0.717) is 5.92 Å². The van der Waals surface area contributed by atoms with Crippen molar-refractivity contribution in [2.45, 2.75) is 48.0 Å². The molecule has 3 rings (SSSR count). The molecule has 25 heavy (non-hydrogen) atoms. The summed E-state index contributed by atoms with van der Waals surface area (Å²) in [5.74, 6) is 0.652. The molecule has 130 valence electrons. The van der Waals surface area contributed by atoms with Crippen molar-refractivity contribution >= 4 is 18.5 Å². The van der Waals surface area contributed by atoms with Crippen LogP contribution in [0.3, 0.4) is 0 Å². The topological polar surface area (TPSA) is 0 Å². The molecule has 0 aromatic heterocycles. The molecule has 0 fully saturated rings. The Balaban J connectivity index is 2.20. The van der Waals surface area contributed by atoms with Gasteiger partial charge in [0.15, 0.2) is 0 Å². The van der Waals surface area contributed by atoms with Crippen LogP contribution in [0.2, 0.25) is 0 Å². The van der Waals surface area contributed by atoms with Gasteiger partial charge in [0.05, 0.1) is 0 Å². The van der Waals surface area contributed by atoms with Crippen molar-refractivity contribution in [3.05, 3.63) is 81.7 Å². The molecular weight excluding hydrogens is 319 g/mol. The quantitative estimate of drug-likeness (QED) is 0.577. The fourth-order valence-corrected chi connectivity index (χ4v) is 6.58.